The molecule has 1 atom stereocenters. The van der Waals surface area contributed by atoms with Gasteiger partial charge in [-0.25, -0.2) is 0 Å². The average Bonchev–Trinajstić information content (AvgIpc) is 2.77. The Bertz CT molecular complexity index is 491. The molecule has 0 saturated heterocycles. The maximum absolute atomic E-state index is 11.6. The first-order valence-electron chi connectivity index (χ1n) is 6.10. The lowest BCUT2D eigenvalue weighted by Crippen LogP contribution is -2.35. The Morgan fingerprint density at radius 2 is 2.21 bits per heavy atom. The molecule has 1 aliphatic heterocycles. The number of hydrogen-bond donors (Lipinski definition) is 2. The average molecular weight is 285 g/mol. The summed E-state index contributed by atoms with van der Waals surface area (Å²) in [7, 11) is 0. The minimum absolute atomic E-state index is 0.138. The van der Waals surface area contributed by atoms with Gasteiger partial charge in [0.1, 0.15) is 6.04 Å². The lowest BCUT2D eigenvalue weighted by molar-refractivity contribution is -0.120. The van der Waals surface area contributed by atoms with Gasteiger partial charge < -0.3 is 20.5 Å². The highest BCUT2D eigenvalue weighted by atomic mass is 35.5. The van der Waals surface area contributed by atoms with Gasteiger partial charge in [-0.2, -0.15) is 0 Å². The smallest absolute Gasteiger partial charge is 0.239 e. The Kier molecular flexibility index (Phi) is 4.17. The van der Waals surface area contributed by atoms with Crippen LogP contribution in [0.25, 0.3) is 0 Å². The zero-order chi connectivity index (χ0) is 14.0. The van der Waals surface area contributed by atoms with Crippen LogP contribution in [0, 0.1) is 5.92 Å². The molecule has 0 aliphatic carbocycles. The lowest BCUT2D eigenvalue weighted by Gasteiger charge is -2.18. The van der Waals surface area contributed by atoms with E-state index in [9.17, 15) is 4.79 Å². The van der Waals surface area contributed by atoms with Gasteiger partial charge in [0.25, 0.3) is 0 Å². The standard InChI is InChI=1S/C13H17ClN2O3/c1-7(2)5-16-11(13(15)17)8-3-9(14)12-10(4-8)18-6-19-12/h3-4,7,11,16H,5-6H2,1-2H3,(H2,15,17). The van der Waals surface area contributed by atoms with Crippen molar-refractivity contribution in [3.63, 3.8) is 0 Å². The van der Waals surface area contributed by atoms with Crippen molar-refractivity contribution in [3.05, 3.63) is 22.7 Å². The van der Waals surface area contributed by atoms with Crippen molar-refractivity contribution in [3.8, 4) is 11.5 Å². The number of benzene rings is 1. The summed E-state index contributed by atoms with van der Waals surface area (Å²) < 4.78 is 10.5. The number of nitrogens with one attached hydrogen (secondary N) is 1. The van der Waals surface area contributed by atoms with Crippen LogP contribution in [0.5, 0.6) is 11.5 Å². The third-order valence-corrected chi connectivity index (χ3v) is 3.08. The molecule has 19 heavy (non-hydrogen) atoms. The number of primary amides is 1. The quantitative estimate of drug-likeness (QED) is 0.865. The summed E-state index contributed by atoms with van der Waals surface area (Å²) in [5.41, 5.74) is 6.12. The van der Waals surface area contributed by atoms with Gasteiger partial charge >= 0.3 is 0 Å². The molecule has 0 spiro atoms. The summed E-state index contributed by atoms with van der Waals surface area (Å²) in [5.74, 6) is 1.01. The van der Waals surface area contributed by atoms with E-state index in [1.165, 1.54) is 0 Å². The van der Waals surface area contributed by atoms with Crippen LogP contribution in [0.3, 0.4) is 0 Å². The summed E-state index contributed by atoms with van der Waals surface area (Å²) in [6.07, 6.45) is 0. The van der Waals surface area contributed by atoms with E-state index in [1.54, 1.807) is 12.1 Å². The van der Waals surface area contributed by atoms with Crippen LogP contribution in [0.15, 0.2) is 12.1 Å². The summed E-state index contributed by atoms with van der Waals surface area (Å²) in [6, 6.07) is 2.82. The van der Waals surface area contributed by atoms with Crippen LogP contribution in [0.4, 0.5) is 0 Å². The Labute approximate surface area is 117 Å². The molecule has 0 aromatic heterocycles. The number of halogens is 1. The Hall–Kier alpha value is -1.46. The minimum atomic E-state index is -0.589. The molecular weight excluding hydrogens is 268 g/mol. The first-order chi connectivity index (χ1) is 8.99. The van der Waals surface area contributed by atoms with Crippen LogP contribution in [0.2, 0.25) is 5.02 Å². The summed E-state index contributed by atoms with van der Waals surface area (Å²) in [6.45, 7) is 4.92. The van der Waals surface area contributed by atoms with E-state index in [-0.39, 0.29) is 6.79 Å². The maximum atomic E-state index is 11.6. The van der Waals surface area contributed by atoms with Gasteiger partial charge in [0.2, 0.25) is 12.7 Å². The molecule has 5 nitrogen and oxygen atoms in total. The van der Waals surface area contributed by atoms with Gasteiger partial charge in [0, 0.05) is 0 Å². The summed E-state index contributed by atoms with van der Waals surface area (Å²) >= 11 is 6.10. The molecule has 1 aliphatic rings. The maximum Gasteiger partial charge on any atom is 0.239 e. The van der Waals surface area contributed by atoms with Crippen molar-refractivity contribution >= 4 is 17.5 Å². The molecule has 1 heterocycles. The Morgan fingerprint density at radius 1 is 1.47 bits per heavy atom. The van der Waals surface area contributed by atoms with Crippen LogP contribution < -0.4 is 20.5 Å². The number of rotatable bonds is 5. The number of carbonyl (C=O) groups excluding carboxylic acids is 1. The van der Waals surface area contributed by atoms with Crippen LogP contribution >= 0.6 is 11.6 Å². The van der Waals surface area contributed by atoms with E-state index in [0.717, 1.165) is 0 Å². The molecule has 1 aromatic carbocycles. The highest BCUT2D eigenvalue weighted by Crippen LogP contribution is 2.41. The summed E-state index contributed by atoms with van der Waals surface area (Å²) in [5, 5.41) is 3.54. The number of hydrogen-bond acceptors (Lipinski definition) is 4. The first-order valence-corrected chi connectivity index (χ1v) is 6.48. The molecular formula is C13H17ClN2O3. The highest BCUT2D eigenvalue weighted by Gasteiger charge is 2.24. The minimum Gasteiger partial charge on any atom is -0.454 e. The van der Waals surface area contributed by atoms with Crippen molar-refractivity contribution in [1.29, 1.82) is 0 Å². The molecule has 1 unspecified atom stereocenters. The van der Waals surface area contributed by atoms with Gasteiger partial charge in [0.15, 0.2) is 11.5 Å². The second-order valence-corrected chi connectivity index (χ2v) is 5.28. The van der Waals surface area contributed by atoms with Crippen LogP contribution in [0.1, 0.15) is 25.5 Å². The van der Waals surface area contributed by atoms with Crippen molar-refractivity contribution in [2.45, 2.75) is 19.9 Å². The third kappa shape index (κ3) is 3.11. The van der Waals surface area contributed by atoms with Gasteiger partial charge in [-0.1, -0.05) is 25.4 Å². The normalized spacial score (nSPS) is 14.7. The molecule has 0 saturated carbocycles. The highest BCUT2D eigenvalue weighted by molar-refractivity contribution is 6.32. The third-order valence-electron chi connectivity index (χ3n) is 2.80. The molecule has 3 N–H and O–H groups in total. The fourth-order valence-corrected chi connectivity index (χ4v) is 2.16. The molecule has 6 heteroatoms. The van der Waals surface area contributed by atoms with E-state index in [1.807, 2.05) is 0 Å². The van der Waals surface area contributed by atoms with E-state index < -0.39 is 11.9 Å². The van der Waals surface area contributed by atoms with Gasteiger partial charge in [-0.05, 0) is 30.2 Å². The molecule has 1 amide bonds. The molecule has 104 valence electrons. The van der Waals surface area contributed by atoms with E-state index in [2.05, 4.69) is 19.2 Å². The van der Waals surface area contributed by atoms with Crippen molar-refractivity contribution < 1.29 is 14.3 Å². The molecule has 0 fully saturated rings. The zero-order valence-electron chi connectivity index (χ0n) is 10.9. The SMILES string of the molecule is CC(C)CNC(C(N)=O)c1cc(Cl)c2c(c1)OCO2. The lowest BCUT2D eigenvalue weighted by atomic mass is 10.0. The van der Waals surface area contributed by atoms with Crippen molar-refractivity contribution in [1.82, 2.24) is 5.32 Å². The Morgan fingerprint density at radius 3 is 2.84 bits per heavy atom. The van der Waals surface area contributed by atoms with E-state index in [4.69, 9.17) is 26.8 Å². The van der Waals surface area contributed by atoms with E-state index in [0.29, 0.717) is 34.5 Å². The topological polar surface area (TPSA) is 73.6 Å². The summed E-state index contributed by atoms with van der Waals surface area (Å²) in [4.78, 5) is 11.6. The molecule has 1 aromatic rings. The number of nitrogens with two attached hydrogens (primary N) is 1. The molecule has 0 radical (unpaired) electrons. The number of amides is 1. The van der Waals surface area contributed by atoms with Gasteiger partial charge in [-0.15, -0.1) is 0 Å². The number of ether oxygens (including phenoxy) is 2. The fourth-order valence-electron chi connectivity index (χ4n) is 1.89. The zero-order valence-corrected chi connectivity index (χ0v) is 11.7. The van der Waals surface area contributed by atoms with Gasteiger partial charge in [0.05, 0.1) is 5.02 Å². The first kappa shape index (κ1) is 14.0. The molecule has 2 rings (SSSR count). The van der Waals surface area contributed by atoms with Gasteiger partial charge in [-0.3, -0.25) is 4.79 Å². The number of fused-ring (bicyclic) bond motifs is 1. The fraction of sp³-hybridized carbons (Fsp3) is 0.462. The van der Waals surface area contributed by atoms with Crippen LogP contribution in [-0.4, -0.2) is 19.2 Å². The molecule has 0 bridgehead atoms. The Balaban J connectivity index is 2.27. The predicted molar refractivity (Wildman–Crippen MR) is 72.4 cm³/mol. The second kappa shape index (κ2) is 5.67. The monoisotopic (exact) mass is 284 g/mol. The van der Waals surface area contributed by atoms with Crippen LogP contribution in [-0.2, 0) is 4.79 Å². The largest absolute Gasteiger partial charge is 0.454 e. The van der Waals surface area contributed by atoms with Crippen molar-refractivity contribution in [2.75, 3.05) is 13.3 Å². The number of carbonyl (C=O) groups is 1. The second-order valence-electron chi connectivity index (χ2n) is 4.87. The van der Waals surface area contributed by atoms with E-state index >= 15 is 0 Å². The van der Waals surface area contributed by atoms with Crippen molar-refractivity contribution in [2.24, 2.45) is 11.7 Å². The predicted octanol–water partition coefficient (Wildman–Crippen LogP) is 1.84.